The van der Waals surface area contributed by atoms with Crippen molar-refractivity contribution < 1.29 is 19.4 Å². The van der Waals surface area contributed by atoms with Gasteiger partial charge in [0.05, 0.1) is 0 Å². The second-order valence-corrected chi connectivity index (χ2v) is 4.67. The average molecular weight is 217 g/mol. The lowest BCUT2D eigenvalue weighted by Crippen LogP contribution is -2.47. The molecule has 2 N–H and O–H groups in total. The summed E-state index contributed by atoms with van der Waals surface area (Å²) in [5.41, 5.74) is -2.22. The molecule has 0 radical (unpaired) electrons. The highest BCUT2D eigenvalue weighted by atomic mass is 16.6. The Morgan fingerprint density at radius 1 is 1.27 bits per heavy atom. The molecule has 0 fully saturated rings. The first-order valence-electron chi connectivity index (χ1n) is 4.75. The minimum atomic E-state index is -1.54. The first kappa shape index (κ1) is 13.9. The first-order valence-corrected chi connectivity index (χ1v) is 4.75. The third kappa shape index (κ3) is 3.87. The van der Waals surface area contributed by atoms with Crippen LogP contribution in [0.4, 0.5) is 0 Å². The summed E-state index contributed by atoms with van der Waals surface area (Å²) >= 11 is 0. The Kier molecular flexibility index (Phi) is 4.27. The number of carbonyl (C=O) groups excluding carboxylic acids is 1. The molecular formula is C10H19NO4. The summed E-state index contributed by atoms with van der Waals surface area (Å²) in [6.45, 7) is 6.49. The van der Waals surface area contributed by atoms with Gasteiger partial charge in [-0.15, -0.1) is 0 Å². The van der Waals surface area contributed by atoms with Gasteiger partial charge in [-0.3, -0.25) is 9.59 Å². The van der Waals surface area contributed by atoms with Crippen LogP contribution in [0.3, 0.4) is 0 Å². The van der Waals surface area contributed by atoms with E-state index in [4.69, 9.17) is 9.84 Å². The maximum Gasteiger partial charge on any atom is 0.325 e. The molecule has 88 valence electrons. The molecule has 0 spiro atoms. The van der Waals surface area contributed by atoms with Crippen LogP contribution in [-0.2, 0) is 14.3 Å². The van der Waals surface area contributed by atoms with Crippen molar-refractivity contribution in [3.8, 4) is 0 Å². The number of aliphatic carboxylic acids is 1. The van der Waals surface area contributed by atoms with Crippen LogP contribution in [0.25, 0.3) is 0 Å². The van der Waals surface area contributed by atoms with Gasteiger partial charge in [0.1, 0.15) is 5.60 Å². The summed E-state index contributed by atoms with van der Waals surface area (Å²) in [7, 11) is 1.59. The van der Waals surface area contributed by atoms with Crippen molar-refractivity contribution in [2.24, 2.45) is 5.41 Å². The molecule has 0 heterocycles. The molecule has 5 heteroatoms. The number of carboxylic acid groups (broad SMARTS) is 1. The fourth-order valence-electron chi connectivity index (χ4n) is 0.979. The van der Waals surface area contributed by atoms with Crippen LogP contribution >= 0.6 is 0 Å². The van der Waals surface area contributed by atoms with Crippen molar-refractivity contribution in [2.75, 3.05) is 13.6 Å². The Balaban J connectivity index is 4.79. The molecule has 0 aliphatic heterocycles. The molecule has 0 saturated heterocycles. The number of carbonyl (C=O) groups is 2. The van der Waals surface area contributed by atoms with Crippen LogP contribution < -0.4 is 5.32 Å². The Morgan fingerprint density at radius 3 is 2.00 bits per heavy atom. The topological polar surface area (TPSA) is 75.6 Å². The Bertz CT molecular complexity index is 257. The van der Waals surface area contributed by atoms with Gasteiger partial charge >= 0.3 is 11.9 Å². The third-order valence-electron chi connectivity index (χ3n) is 1.85. The van der Waals surface area contributed by atoms with Crippen molar-refractivity contribution in [3.63, 3.8) is 0 Å². The maximum atomic E-state index is 11.7. The quantitative estimate of drug-likeness (QED) is 0.534. The predicted molar refractivity (Wildman–Crippen MR) is 55.5 cm³/mol. The van der Waals surface area contributed by atoms with Gasteiger partial charge in [0.15, 0.2) is 5.41 Å². The molecule has 0 aromatic rings. The van der Waals surface area contributed by atoms with Gasteiger partial charge in [-0.2, -0.15) is 0 Å². The Hall–Kier alpha value is -1.10. The van der Waals surface area contributed by atoms with Crippen LogP contribution in [0.5, 0.6) is 0 Å². The van der Waals surface area contributed by atoms with E-state index in [1.807, 2.05) is 0 Å². The van der Waals surface area contributed by atoms with Gasteiger partial charge in [-0.25, -0.2) is 0 Å². The largest absolute Gasteiger partial charge is 0.480 e. The smallest absolute Gasteiger partial charge is 0.325 e. The lowest BCUT2D eigenvalue weighted by Gasteiger charge is -2.28. The van der Waals surface area contributed by atoms with E-state index in [0.717, 1.165) is 0 Å². The highest BCUT2D eigenvalue weighted by molar-refractivity contribution is 5.99. The van der Waals surface area contributed by atoms with E-state index >= 15 is 0 Å². The van der Waals surface area contributed by atoms with Crippen molar-refractivity contribution in [3.05, 3.63) is 0 Å². The van der Waals surface area contributed by atoms with E-state index in [1.54, 1.807) is 27.8 Å². The molecule has 0 aromatic heterocycles. The van der Waals surface area contributed by atoms with Crippen LogP contribution in [0.1, 0.15) is 27.7 Å². The highest BCUT2D eigenvalue weighted by Crippen LogP contribution is 2.21. The van der Waals surface area contributed by atoms with Gasteiger partial charge < -0.3 is 15.2 Å². The summed E-state index contributed by atoms with van der Waals surface area (Å²) in [6, 6.07) is 0. The molecular weight excluding hydrogens is 198 g/mol. The monoisotopic (exact) mass is 217 g/mol. The molecule has 0 rings (SSSR count). The fourth-order valence-corrected chi connectivity index (χ4v) is 0.979. The van der Waals surface area contributed by atoms with Crippen LogP contribution in [0.2, 0.25) is 0 Å². The normalized spacial score (nSPS) is 15.5. The zero-order valence-corrected chi connectivity index (χ0v) is 9.88. The number of esters is 1. The van der Waals surface area contributed by atoms with E-state index < -0.39 is 23.0 Å². The molecule has 0 bridgehead atoms. The molecule has 15 heavy (non-hydrogen) atoms. The molecule has 1 atom stereocenters. The number of hydrogen-bond donors (Lipinski definition) is 2. The molecule has 0 aliphatic carbocycles. The minimum absolute atomic E-state index is 0.0389. The van der Waals surface area contributed by atoms with Crippen LogP contribution in [0, 0.1) is 5.41 Å². The van der Waals surface area contributed by atoms with Crippen molar-refractivity contribution in [1.29, 1.82) is 0 Å². The summed E-state index contributed by atoms with van der Waals surface area (Å²) in [5, 5.41) is 11.7. The van der Waals surface area contributed by atoms with Gasteiger partial charge in [-0.1, -0.05) is 0 Å². The molecule has 0 aliphatic rings. The van der Waals surface area contributed by atoms with Gasteiger partial charge in [0.25, 0.3) is 0 Å². The summed E-state index contributed by atoms with van der Waals surface area (Å²) in [6.07, 6.45) is 0. The zero-order chi connectivity index (χ0) is 12.3. The summed E-state index contributed by atoms with van der Waals surface area (Å²) in [5.74, 6) is -1.91. The van der Waals surface area contributed by atoms with E-state index in [0.29, 0.717) is 0 Å². The number of ether oxygens (including phenoxy) is 1. The standard InChI is InChI=1S/C10H19NO4/c1-9(2,3)15-8(14)10(4,6-11-5)7(12)13/h11H,6H2,1-5H3,(H,12,13). The molecule has 1 unspecified atom stereocenters. The van der Waals surface area contributed by atoms with E-state index in [1.165, 1.54) is 6.92 Å². The molecule has 0 aromatic carbocycles. The Labute approximate surface area is 89.8 Å². The number of nitrogens with one attached hydrogen (secondary N) is 1. The highest BCUT2D eigenvalue weighted by Gasteiger charge is 2.43. The van der Waals surface area contributed by atoms with E-state index in [2.05, 4.69) is 5.32 Å². The average Bonchev–Trinajstić information content (AvgIpc) is 2.00. The van der Waals surface area contributed by atoms with E-state index in [-0.39, 0.29) is 6.54 Å². The van der Waals surface area contributed by atoms with Gasteiger partial charge in [0, 0.05) is 6.54 Å². The van der Waals surface area contributed by atoms with Crippen LogP contribution in [-0.4, -0.2) is 36.2 Å². The molecule has 5 nitrogen and oxygen atoms in total. The summed E-state index contributed by atoms with van der Waals surface area (Å²) in [4.78, 5) is 22.7. The maximum absolute atomic E-state index is 11.7. The lowest BCUT2D eigenvalue weighted by molar-refractivity contribution is -0.175. The second-order valence-electron chi connectivity index (χ2n) is 4.67. The van der Waals surface area contributed by atoms with Crippen molar-refractivity contribution in [1.82, 2.24) is 5.32 Å². The minimum Gasteiger partial charge on any atom is -0.480 e. The number of carboxylic acids is 1. The van der Waals surface area contributed by atoms with Crippen LogP contribution in [0.15, 0.2) is 0 Å². The third-order valence-corrected chi connectivity index (χ3v) is 1.85. The summed E-state index contributed by atoms with van der Waals surface area (Å²) < 4.78 is 5.06. The van der Waals surface area contributed by atoms with Gasteiger partial charge in [-0.05, 0) is 34.7 Å². The number of rotatable bonds is 4. The zero-order valence-electron chi connectivity index (χ0n) is 9.88. The first-order chi connectivity index (χ1) is 6.63. The van der Waals surface area contributed by atoms with Crippen molar-refractivity contribution >= 4 is 11.9 Å². The van der Waals surface area contributed by atoms with Gasteiger partial charge in [0.2, 0.25) is 0 Å². The van der Waals surface area contributed by atoms with Crippen molar-refractivity contribution in [2.45, 2.75) is 33.3 Å². The van der Waals surface area contributed by atoms with E-state index in [9.17, 15) is 9.59 Å². The fraction of sp³-hybridized carbons (Fsp3) is 0.800. The number of hydrogen-bond acceptors (Lipinski definition) is 4. The Morgan fingerprint density at radius 2 is 1.73 bits per heavy atom. The molecule has 0 saturated carbocycles. The molecule has 0 amide bonds. The second kappa shape index (κ2) is 4.61. The lowest BCUT2D eigenvalue weighted by atomic mass is 9.90. The predicted octanol–water partition coefficient (Wildman–Crippen LogP) is 0.638. The SMILES string of the molecule is CNCC(C)(C(=O)O)C(=O)OC(C)(C)C.